The predicted octanol–water partition coefficient (Wildman–Crippen LogP) is 5.96. The van der Waals surface area contributed by atoms with E-state index < -0.39 is 0 Å². The molecule has 0 heterocycles. The highest BCUT2D eigenvalue weighted by Gasteiger charge is 2.05. The number of alkyl halides is 1. The summed E-state index contributed by atoms with van der Waals surface area (Å²) in [6.45, 7) is 2.20. The average Bonchev–Trinajstić information content (AvgIpc) is 2.86. The van der Waals surface area contributed by atoms with Crippen LogP contribution >= 0.6 is 22.6 Å². The Morgan fingerprint density at radius 3 is 2.37 bits per heavy atom. The first kappa shape index (κ1) is 14.8. The SMILES string of the molecule is CC1=CC(c2ccc(CCCCCCI)cc2)=CC1. The third-order valence-corrected chi connectivity index (χ3v) is 4.44. The van der Waals surface area contributed by atoms with E-state index in [-0.39, 0.29) is 0 Å². The van der Waals surface area contributed by atoms with Crippen LogP contribution in [0.5, 0.6) is 0 Å². The molecule has 0 N–H and O–H groups in total. The Bertz CT molecular complexity index is 451. The summed E-state index contributed by atoms with van der Waals surface area (Å²) in [5.74, 6) is 0. The fourth-order valence-electron chi connectivity index (χ4n) is 2.50. The van der Waals surface area contributed by atoms with Crippen LogP contribution < -0.4 is 0 Å². The molecular formula is C18H23I. The smallest absolute Gasteiger partial charge is 0.000473 e. The Labute approximate surface area is 131 Å². The van der Waals surface area contributed by atoms with Gasteiger partial charge in [0.2, 0.25) is 0 Å². The summed E-state index contributed by atoms with van der Waals surface area (Å²) >= 11 is 2.46. The van der Waals surface area contributed by atoms with Crippen LogP contribution in [0.3, 0.4) is 0 Å². The van der Waals surface area contributed by atoms with Crippen molar-refractivity contribution in [1.82, 2.24) is 0 Å². The van der Waals surface area contributed by atoms with Crippen molar-refractivity contribution in [2.24, 2.45) is 0 Å². The Hall–Kier alpha value is -0.570. The molecule has 19 heavy (non-hydrogen) atoms. The van der Waals surface area contributed by atoms with Gasteiger partial charge in [0.05, 0.1) is 0 Å². The lowest BCUT2D eigenvalue weighted by Crippen LogP contribution is -1.87. The second-order valence-corrected chi connectivity index (χ2v) is 6.48. The predicted molar refractivity (Wildman–Crippen MR) is 93.9 cm³/mol. The molecule has 0 fully saturated rings. The second kappa shape index (κ2) is 7.88. The molecule has 0 saturated heterocycles. The van der Waals surface area contributed by atoms with Gasteiger partial charge < -0.3 is 0 Å². The number of benzene rings is 1. The molecule has 1 aliphatic carbocycles. The van der Waals surface area contributed by atoms with Gasteiger partial charge >= 0.3 is 0 Å². The summed E-state index contributed by atoms with van der Waals surface area (Å²) in [6.07, 6.45) is 12.4. The van der Waals surface area contributed by atoms with E-state index in [1.165, 1.54) is 58.8 Å². The summed E-state index contributed by atoms with van der Waals surface area (Å²) in [7, 11) is 0. The second-order valence-electron chi connectivity index (χ2n) is 5.40. The zero-order valence-electron chi connectivity index (χ0n) is 11.8. The fraction of sp³-hybridized carbons (Fsp3) is 0.444. The standard InChI is InChI=1S/C18H23I/c1-15-7-10-18(14-15)17-11-8-16(9-12-17)6-4-2-3-5-13-19/h8-12,14H,2-7,13H2,1H3. The number of aryl methyl sites for hydroxylation is 1. The number of halogens is 1. The minimum absolute atomic E-state index is 1.12. The molecule has 0 aromatic heterocycles. The lowest BCUT2D eigenvalue weighted by molar-refractivity contribution is 0.673. The summed E-state index contributed by atoms with van der Waals surface area (Å²) < 4.78 is 1.30. The molecule has 0 spiro atoms. The van der Waals surface area contributed by atoms with Gasteiger partial charge in [-0.25, -0.2) is 0 Å². The molecule has 0 unspecified atom stereocenters. The number of hydrogen-bond acceptors (Lipinski definition) is 0. The maximum absolute atomic E-state index is 2.46. The van der Waals surface area contributed by atoms with Gasteiger partial charge in [0, 0.05) is 0 Å². The fourth-order valence-corrected chi connectivity index (χ4v) is 3.04. The molecule has 0 aliphatic heterocycles. The van der Waals surface area contributed by atoms with Crippen LogP contribution in [0.15, 0.2) is 42.0 Å². The molecule has 2 rings (SSSR count). The van der Waals surface area contributed by atoms with E-state index in [4.69, 9.17) is 0 Å². The monoisotopic (exact) mass is 366 g/mol. The molecule has 0 amide bonds. The van der Waals surface area contributed by atoms with Gasteiger partial charge in [-0.05, 0) is 53.7 Å². The van der Waals surface area contributed by atoms with Gasteiger partial charge in [-0.3, -0.25) is 0 Å². The molecular weight excluding hydrogens is 343 g/mol. The van der Waals surface area contributed by atoms with Gasteiger partial charge in [-0.2, -0.15) is 0 Å². The van der Waals surface area contributed by atoms with Crippen LogP contribution in [0.2, 0.25) is 0 Å². The van der Waals surface area contributed by atoms with Crippen LogP contribution in [-0.4, -0.2) is 4.43 Å². The molecule has 1 aromatic carbocycles. The van der Waals surface area contributed by atoms with E-state index in [9.17, 15) is 0 Å². The van der Waals surface area contributed by atoms with Gasteiger partial charge in [-0.1, -0.05) is 77.4 Å². The summed E-state index contributed by atoms with van der Waals surface area (Å²) in [4.78, 5) is 0. The first-order valence-electron chi connectivity index (χ1n) is 7.32. The zero-order chi connectivity index (χ0) is 13.5. The van der Waals surface area contributed by atoms with Crippen LogP contribution in [0.4, 0.5) is 0 Å². The molecule has 1 aromatic rings. The lowest BCUT2D eigenvalue weighted by atomic mass is 10.0. The van der Waals surface area contributed by atoms with Crippen molar-refractivity contribution in [3.05, 3.63) is 53.1 Å². The number of allylic oxidation sites excluding steroid dienone is 4. The van der Waals surface area contributed by atoms with E-state index >= 15 is 0 Å². The van der Waals surface area contributed by atoms with Crippen molar-refractivity contribution in [2.45, 2.75) is 45.4 Å². The highest BCUT2D eigenvalue weighted by molar-refractivity contribution is 14.1. The first-order chi connectivity index (χ1) is 9.29. The van der Waals surface area contributed by atoms with Gasteiger partial charge in [0.25, 0.3) is 0 Å². The quantitative estimate of drug-likeness (QED) is 0.317. The van der Waals surface area contributed by atoms with E-state index in [0.717, 1.165) is 6.42 Å². The molecule has 1 aliphatic rings. The molecule has 0 radical (unpaired) electrons. The van der Waals surface area contributed by atoms with Crippen molar-refractivity contribution < 1.29 is 0 Å². The van der Waals surface area contributed by atoms with Crippen LogP contribution in [-0.2, 0) is 6.42 Å². The number of rotatable bonds is 7. The maximum atomic E-state index is 2.46. The van der Waals surface area contributed by atoms with Gasteiger partial charge in [0.15, 0.2) is 0 Å². The summed E-state index contributed by atoms with van der Waals surface area (Å²) in [5.41, 5.74) is 5.71. The first-order valence-corrected chi connectivity index (χ1v) is 8.85. The minimum Gasteiger partial charge on any atom is -0.0864 e. The van der Waals surface area contributed by atoms with Gasteiger partial charge in [-0.15, -0.1) is 0 Å². The Morgan fingerprint density at radius 2 is 1.74 bits per heavy atom. The van der Waals surface area contributed by atoms with Crippen LogP contribution in [0.1, 0.15) is 50.2 Å². The largest absolute Gasteiger partial charge is 0.0864 e. The van der Waals surface area contributed by atoms with Crippen molar-refractivity contribution in [3.8, 4) is 0 Å². The number of unbranched alkanes of at least 4 members (excludes halogenated alkanes) is 3. The molecule has 0 saturated carbocycles. The van der Waals surface area contributed by atoms with E-state index in [2.05, 4.69) is 65.9 Å². The van der Waals surface area contributed by atoms with Crippen LogP contribution in [0, 0.1) is 0 Å². The average molecular weight is 366 g/mol. The van der Waals surface area contributed by atoms with Crippen molar-refractivity contribution in [3.63, 3.8) is 0 Å². The highest BCUT2D eigenvalue weighted by Crippen LogP contribution is 2.26. The van der Waals surface area contributed by atoms with E-state index in [1.807, 2.05) is 0 Å². The van der Waals surface area contributed by atoms with Crippen molar-refractivity contribution in [2.75, 3.05) is 4.43 Å². The Kier molecular flexibility index (Phi) is 6.15. The van der Waals surface area contributed by atoms with Crippen LogP contribution in [0.25, 0.3) is 5.57 Å². The van der Waals surface area contributed by atoms with E-state index in [1.54, 1.807) is 0 Å². The topological polar surface area (TPSA) is 0 Å². The molecule has 0 atom stereocenters. The highest BCUT2D eigenvalue weighted by atomic mass is 127. The summed E-state index contributed by atoms with van der Waals surface area (Å²) in [5, 5.41) is 0. The molecule has 0 bridgehead atoms. The van der Waals surface area contributed by atoms with E-state index in [0.29, 0.717) is 0 Å². The maximum Gasteiger partial charge on any atom is -0.000473 e. The number of hydrogen-bond donors (Lipinski definition) is 0. The Balaban J connectivity index is 1.82. The lowest BCUT2D eigenvalue weighted by Gasteiger charge is -2.04. The Morgan fingerprint density at radius 1 is 1.00 bits per heavy atom. The normalized spacial score (nSPS) is 14.4. The van der Waals surface area contributed by atoms with Crippen molar-refractivity contribution in [1.29, 1.82) is 0 Å². The van der Waals surface area contributed by atoms with Gasteiger partial charge in [0.1, 0.15) is 0 Å². The van der Waals surface area contributed by atoms with Crippen molar-refractivity contribution >= 4 is 28.2 Å². The molecule has 1 heteroatoms. The zero-order valence-corrected chi connectivity index (χ0v) is 13.9. The third-order valence-electron chi connectivity index (χ3n) is 3.68. The molecule has 0 nitrogen and oxygen atoms in total. The third kappa shape index (κ3) is 4.79. The summed E-state index contributed by atoms with van der Waals surface area (Å²) in [6, 6.07) is 9.16. The minimum atomic E-state index is 1.12. The molecule has 102 valence electrons.